The fraction of sp³-hybridized carbons (Fsp3) is 0.273. The van der Waals surface area contributed by atoms with Gasteiger partial charge in [0.1, 0.15) is 17.1 Å². The van der Waals surface area contributed by atoms with Gasteiger partial charge in [0.25, 0.3) is 10.1 Å². The zero-order chi connectivity index (χ0) is 16.9. The molecule has 0 saturated carbocycles. The highest BCUT2D eigenvalue weighted by atomic mass is 32.2. The quantitative estimate of drug-likeness (QED) is 0.398. The van der Waals surface area contributed by atoms with Crippen LogP contribution in [0.15, 0.2) is 33.4 Å². The Morgan fingerprint density at radius 1 is 1.36 bits per heavy atom. The summed E-state index contributed by atoms with van der Waals surface area (Å²) >= 11 is 0. The molecule has 1 aromatic rings. The van der Waals surface area contributed by atoms with Crippen LogP contribution in [0.2, 0.25) is 0 Å². The van der Waals surface area contributed by atoms with Crippen molar-refractivity contribution in [3.63, 3.8) is 0 Å². The third-order valence-corrected chi connectivity index (χ3v) is 3.13. The number of nitrogens with one attached hydrogen (secondary N) is 1. The highest BCUT2D eigenvalue weighted by Gasteiger charge is 2.16. The van der Waals surface area contributed by atoms with Gasteiger partial charge in [0.05, 0.1) is 0 Å². The summed E-state index contributed by atoms with van der Waals surface area (Å²) in [6, 6.07) is 3.50. The van der Waals surface area contributed by atoms with Crippen LogP contribution in [-0.4, -0.2) is 48.6 Å². The smallest absolute Gasteiger partial charge is 0.324 e. The van der Waals surface area contributed by atoms with E-state index >= 15 is 0 Å². The third-order valence-electron chi connectivity index (χ3n) is 2.23. The van der Waals surface area contributed by atoms with E-state index in [9.17, 15) is 18.0 Å². The van der Waals surface area contributed by atoms with E-state index in [1.807, 2.05) is 0 Å². The highest BCUT2D eigenvalue weighted by molar-refractivity contribution is 7.86. The lowest BCUT2D eigenvalue weighted by Gasteiger charge is -2.09. The van der Waals surface area contributed by atoms with Gasteiger partial charge in [-0.3, -0.25) is 19.2 Å². The van der Waals surface area contributed by atoms with E-state index in [1.165, 1.54) is 26.1 Å². The number of hydrogen-bond donors (Lipinski definition) is 3. The Balaban J connectivity index is 3.19. The first-order valence-electron chi connectivity index (χ1n) is 5.83. The molecule has 0 aliphatic rings. The van der Waals surface area contributed by atoms with Gasteiger partial charge in [-0.1, -0.05) is 5.22 Å². The number of nitrogens with zero attached hydrogens (tertiary/aromatic N) is 3. The maximum Gasteiger partial charge on any atom is 0.324 e. The van der Waals surface area contributed by atoms with Crippen LogP contribution < -0.4 is 5.32 Å². The number of carboxylic acids is 1. The molecule has 0 bridgehead atoms. The number of amides is 1. The minimum absolute atomic E-state index is 0.244. The minimum atomic E-state index is -4.55. The first-order valence-corrected chi connectivity index (χ1v) is 7.27. The van der Waals surface area contributed by atoms with Gasteiger partial charge in [0, 0.05) is 19.7 Å². The number of likely N-dealkylation sites (N-methyl/N-ethyl adjacent to an activating group) is 1. The molecule has 0 saturated heterocycles. The van der Waals surface area contributed by atoms with Crippen molar-refractivity contribution in [1.82, 2.24) is 5.01 Å². The predicted octanol–water partition coefficient (Wildman–Crippen LogP) is 0.907. The zero-order valence-electron chi connectivity index (χ0n) is 11.7. The second-order valence-corrected chi connectivity index (χ2v) is 5.63. The molecular formula is C11H14N4O6S. The Morgan fingerprint density at radius 2 is 2.00 bits per heavy atom. The summed E-state index contributed by atoms with van der Waals surface area (Å²) in [4.78, 5) is 21.0. The summed E-state index contributed by atoms with van der Waals surface area (Å²) in [7, 11) is -3.23. The van der Waals surface area contributed by atoms with Crippen LogP contribution in [0.5, 0.6) is 0 Å². The molecule has 0 aromatic heterocycles. The molecule has 3 N–H and O–H groups in total. The van der Waals surface area contributed by atoms with Crippen LogP contribution in [-0.2, 0) is 19.7 Å². The van der Waals surface area contributed by atoms with E-state index in [2.05, 4.69) is 15.7 Å². The molecule has 0 spiro atoms. The largest absolute Gasteiger partial charge is 0.480 e. The van der Waals surface area contributed by atoms with E-state index in [1.54, 1.807) is 0 Å². The van der Waals surface area contributed by atoms with Crippen LogP contribution >= 0.6 is 0 Å². The van der Waals surface area contributed by atoms with Crippen LogP contribution in [0.3, 0.4) is 0 Å². The van der Waals surface area contributed by atoms with Gasteiger partial charge in [0.15, 0.2) is 0 Å². The van der Waals surface area contributed by atoms with Crippen molar-refractivity contribution >= 4 is 33.4 Å². The fourth-order valence-corrected chi connectivity index (χ4v) is 2.05. The summed E-state index contributed by atoms with van der Waals surface area (Å²) in [5, 5.41) is 19.1. The van der Waals surface area contributed by atoms with E-state index in [4.69, 9.17) is 9.66 Å². The van der Waals surface area contributed by atoms with Gasteiger partial charge < -0.3 is 10.4 Å². The Labute approximate surface area is 126 Å². The molecule has 0 aliphatic heterocycles. The van der Waals surface area contributed by atoms with Gasteiger partial charge >= 0.3 is 5.97 Å². The van der Waals surface area contributed by atoms with Crippen LogP contribution in [0.25, 0.3) is 0 Å². The van der Waals surface area contributed by atoms with Gasteiger partial charge in [-0.2, -0.15) is 8.42 Å². The molecule has 0 aliphatic carbocycles. The minimum Gasteiger partial charge on any atom is -0.480 e. The molecular weight excluding hydrogens is 316 g/mol. The average molecular weight is 330 g/mol. The molecule has 1 amide bonds. The fourth-order valence-electron chi connectivity index (χ4n) is 1.45. The van der Waals surface area contributed by atoms with Crippen LogP contribution in [0.1, 0.15) is 6.92 Å². The summed E-state index contributed by atoms with van der Waals surface area (Å²) in [6.07, 6.45) is 0. The first-order chi connectivity index (χ1) is 10.1. The third kappa shape index (κ3) is 5.46. The number of carboxylic acid groups (broad SMARTS) is 1. The monoisotopic (exact) mass is 330 g/mol. The maximum absolute atomic E-state index is 11.3. The maximum atomic E-state index is 11.3. The molecule has 0 fully saturated rings. The molecule has 1 aromatic carbocycles. The molecule has 0 radical (unpaired) electrons. The van der Waals surface area contributed by atoms with Crippen molar-refractivity contribution in [2.24, 2.45) is 10.3 Å². The van der Waals surface area contributed by atoms with Gasteiger partial charge in [-0.15, -0.1) is 5.11 Å². The Hall–Kier alpha value is -2.53. The standard InChI is InChI=1S/C11H14N4O6S/c1-7(16)12-8-3-4-10(22(19,20)21)9(5-8)13-14-15(2)6-11(17)18/h3-5H,6H2,1-2H3,(H,12,16)(H,17,18)(H,19,20,21). The zero-order valence-corrected chi connectivity index (χ0v) is 12.5. The summed E-state index contributed by atoms with van der Waals surface area (Å²) in [5.74, 6) is -1.53. The number of benzene rings is 1. The SMILES string of the molecule is CC(=O)Nc1ccc(S(=O)(=O)O)c(N=NN(C)CC(=O)O)c1. The molecule has 1 rings (SSSR count). The molecule has 0 atom stereocenters. The van der Waals surface area contributed by atoms with Crippen molar-refractivity contribution < 1.29 is 27.7 Å². The molecule has 11 heteroatoms. The highest BCUT2D eigenvalue weighted by Crippen LogP contribution is 2.28. The predicted molar refractivity (Wildman–Crippen MR) is 75.3 cm³/mol. The lowest BCUT2D eigenvalue weighted by Crippen LogP contribution is -2.19. The van der Waals surface area contributed by atoms with E-state index in [0.717, 1.165) is 11.1 Å². The molecule has 22 heavy (non-hydrogen) atoms. The Morgan fingerprint density at radius 3 is 2.50 bits per heavy atom. The van der Waals surface area contributed by atoms with Crippen molar-refractivity contribution in [2.75, 3.05) is 18.9 Å². The summed E-state index contributed by atoms with van der Waals surface area (Å²) in [5.41, 5.74) is 0.000673. The number of aliphatic carboxylic acids is 1. The van der Waals surface area contributed by atoms with Crippen LogP contribution in [0.4, 0.5) is 11.4 Å². The van der Waals surface area contributed by atoms with Crippen molar-refractivity contribution in [2.45, 2.75) is 11.8 Å². The topological polar surface area (TPSA) is 149 Å². The van der Waals surface area contributed by atoms with E-state index < -0.39 is 27.5 Å². The molecule has 120 valence electrons. The number of carbonyl (C=O) groups excluding carboxylic acids is 1. The van der Waals surface area contributed by atoms with Gasteiger partial charge in [-0.25, -0.2) is 0 Å². The lowest BCUT2D eigenvalue weighted by atomic mass is 10.3. The van der Waals surface area contributed by atoms with Crippen molar-refractivity contribution in [3.05, 3.63) is 18.2 Å². The Kier molecular flexibility index (Phi) is 5.54. The molecule has 10 nitrogen and oxygen atoms in total. The number of carbonyl (C=O) groups is 2. The lowest BCUT2D eigenvalue weighted by molar-refractivity contribution is -0.138. The number of anilines is 1. The number of hydrogen-bond acceptors (Lipinski definition) is 6. The van der Waals surface area contributed by atoms with Crippen molar-refractivity contribution in [3.8, 4) is 0 Å². The second kappa shape index (κ2) is 6.95. The average Bonchev–Trinajstić information content (AvgIpc) is 2.33. The summed E-state index contributed by atoms with van der Waals surface area (Å²) < 4.78 is 31.7. The first kappa shape index (κ1) is 17.5. The van der Waals surface area contributed by atoms with E-state index in [0.29, 0.717) is 0 Å². The van der Waals surface area contributed by atoms with Crippen LogP contribution in [0, 0.1) is 0 Å². The molecule has 0 heterocycles. The Bertz CT molecular complexity index is 715. The number of rotatable bonds is 6. The van der Waals surface area contributed by atoms with Gasteiger partial charge in [-0.05, 0) is 18.2 Å². The summed E-state index contributed by atoms with van der Waals surface area (Å²) in [6.45, 7) is 0.814. The second-order valence-electron chi connectivity index (χ2n) is 4.24. The molecule has 0 unspecified atom stereocenters. The normalized spacial score (nSPS) is 11.4. The van der Waals surface area contributed by atoms with E-state index in [-0.39, 0.29) is 17.3 Å². The van der Waals surface area contributed by atoms with Gasteiger partial charge in [0.2, 0.25) is 5.91 Å². The van der Waals surface area contributed by atoms with Crippen molar-refractivity contribution in [1.29, 1.82) is 0 Å².